The lowest BCUT2D eigenvalue weighted by Crippen LogP contribution is -2.24. The molecule has 7 heteroatoms. The van der Waals surface area contributed by atoms with Crippen molar-refractivity contribution in [1.82, 2.24) is 14.8 Å². The van der Waals surface area contributed by atoms with Crippen molar-refractivity contribution in [3.05, 3.63) is 47.4 Å². The fourth-order valence-electron chi connectivity index (χ4n) is 2.26. The minimum Gasteiger partial charge on any atom is -0.497 e. The number of rotatable bonds is 3. The number of ether oxygens (including phenoxy) is 1. The lowest BCUT2D eigenvalue weighted by molar-refractivity contribution is -0.132. The third kappa shape index (κ3) is 2.33. The molecular formula is C14H14N4O3. The van der Waals surface area contributed by atoms with Crippen LogP contribution in [0.5, 0.6) is 5.75 Å². The highest BCUT2D eigenvalue weighted by Gasteiger charge is 2.26. The van der Waals surface area contributed by atoms with Gasteiger partial charge in [0.25, 0.3) is 0 Å². The summed E-state index contributed by atoms with van der Waals surface area (Å²) in [5.74, 6) is 0.717. The van der Waals surface area contributed by atoms with Crippen molar-refractivity contribution in [3.8, 4) is 5.75 Å². The van der Waals surface area contributed by atoms with Gasteiger partial charge in [0.1, 0.15) is 23.3 Å². The Bertz CT molecular complexity index is 718. The SMILES string of the molecule is COc1ccc([C@@H]2C=C(C(=O)O)Nc3nc(C)nn32)cc1. The van der Waals surface area contributed by atoms with E-state index in [2.05, 4.69) is 15.4 Å². The van der Waals surface area contributed by atoms with Gasteiger partial charge in [-0.1, -0.05) is 12.1 Å². The second-order valence-electron chi connectivity index (χ2n) is 4.66. The second-order valence-corrected chi connectivity index (χ2v) is 4.66. The number of carboxylic acids is 1. The van der Waals surface area contributed by atoms with Crippen LogP contribution in [0.15, 0.2) is 36.0 Å². The van der Waals surface area contributed by atoms with Crippen LogP contribution in [-0.4, -0.2) is 33.0 Å². The maximum atomic E-state index is 11.2. The highest BCUT2D eigenvalue weighted by atomic mass is 16.5. The number of nitrogens with one attached hydrogen (secondary N) is 1. The van der Waals surface area contributed by atoms with E-state index >= 15 is 0 Å². The molecule has 0 aliphatic carbocycles. The summed E-state index contributed by atoms with van der Waals surface area (Å²) in [4.78, 5) is 15.4. The zero-order valence-corrected chi connectivity index (χ0v) is 11.6. The molecule has 1 aliphatic heterocycles. The molecule has 0 unspecified atom stereocenters. The fraction of sp³-hybridized carbons (Fsp3) is 0.214. The Kier molecular flexibility index (Phi) is 3.09. The van der Waals surface area contributed by atoms with Crippen molar-refractivity contribution >= 4 is 11.9 Å². The minimum absolute atomic E-state index is 0.0933. The zero-order valence-electron chi connectivity index (χ0n) is 11.6. The summed E-state index contributed by atoms with van der Waals surface area (Å²) < 4.78 is 6.80. The molecule has 0 radical (unpaired) electrons. The average molecular weight is 286 g/mol. The third-order valence-electron chi connectivity index (χ3n) is 3.26. The number of hydrogen-bond donors (Lipinski definition) is 2. The van der Waals surface area contributed by atoms with Crippen LogP contribution in [0, 0.1) is 6.92 Å². The van der Waals surface area contributed by atoms with Gasteiger partial charge >= 0.3 is 5.97 Å². The predicted molar refractivity (Wildman–Crippen MR) is 75.2 cm³/mol. The van der Waals surface area contributed by atoms with Crippen LogP contribution in [-0.2, 0) is 4.79 Å². The zero-order chi connectivity index (χ0) is 15.0. The topological polar surface area (TPSA) is 89.3 Å². The van der Waals surface area contributed by atoms with Crippen molar-refractivity contribution in [2.45, 2.75) is 13.0 Å². The van der Waals surface area contributed by atoms with Crippen LogP contribution >= 0.6 is 0 Å². The van der Waals surface area contributed by atoms with Crippen LogP contribution in [0.2, 0.25) is 0 Å². The normalized spacial score (nSPS) is 16.7. The lowest BCUT2D eigenvalue weighted by atomic mass is 10.0. The molecule has 0 amide bonds. The van der Waals surface area contributed by atoms with Crippen molar-refractivity contribution < 1.29 is 14.6 Å². The van der Waals surface area contributed by atoms with Gasteiger partial charge in [-0.3, -0.25) is 0 Å². The maximum Gasteiger partial charge on any atom is 0.352 e. The Morgan fingerprint density at radius 3 is 2.71 bits per heavy atom. The first-order valence-electron chi connectivity index (χ1n) is 6.37. The highest BCUT2D eigenvalue weighted by molar-refractivity contribution is 5.90. The average Bonchev–Trinajstić information content (AvgIpc) is 2.86. The van der Waals surface area contributed by atoms with Crippen molar-refractivity contribution in [1.29, 1.82) is 0 Å². The number of aromatic nitrogens is 3. The number of benzene rings is 1. The summed E-state index contributed by atoms with van der Waals surface area (Å²) in [6.45, 7) is 1.76. The molecule has 1 atom stereocenters. The summed E-state index contributed by atoms with van der Waals surface area (Å²) in [5.41, 5.74) is 0.998. The first kappa shape index (κ1) is 13.2. The van der Waals surface area contributed by atoms with E-state index in [0.717, 1.165) is 11.3 Å². The summed E-state index contributed by atoms with van der Waals surface area (Å²) >= 11 is 0. The molecule has 1 aliphatic rings. The number of aliphatic carboxylic acids is 1. The summed E-state index contributed by atoms with van der Waals surface area (Å²) in [6, 6.07) is 7.10. The van der Waals surface area contributed by atoms with Gasteiger partial charge < -0.3 is 15.2 Å². The van der Waals surface area contributed by atoms with E-state index in [1.54, 1.807) is 24.8 Å². The molecule has 0 saturated carbocycles. The number of methoxy groups -OCH3 is 1. The van der Waals surface area contributed by atoms with Crippen LogP contribution in [0.3, 0.4) is 0 Å². The van der Waals surface area contributed by atoms with Crippen molar-refractivity contribution in [2.24, 2.45) is 0 Å². The molecular weight excluding hydrogens is 272 g/mol. The van der Waals surface area contributed by atoms with Gasteiger partial charge in [-0.05, 0) is 30.7 Å². The van der Waals surface area contributed by atoms with Gasteiger partial charge in [-0.2, -0.15) is 10.1 Å². The summed E-state index contributed by atoms with van der Waals surface area (Å²) in [5, 5.41) is 16.3. The van der Waals surface area contributed by atoms with Gasteiger partial charge in [-0.15, -0.1) is 0 Å². The smallest absolute Gasteiger partial charge is 0.352 e. The molecule has 0 spiro atoms. The first-order chi connectivity index (χ1) is 10.1. The Hall–Kier alpha value is -2.83. The lowest BCUT2D eigenvalue weighted by Gasteiger charge is -2.22. The standard InChI is InChI=1S/C14H14N4O3/c1-8-15-14-16-11(13(19)20)7-12(18(14)17-8)9-3-5-10(21-2)6-4-9/h3-7,12H,1-2H3,(H,19,20)(H,15,16,17)/t12-/m0/s1. The van der Waals surface area contributed by atoms with E-state index in [-0.39, 0.29) is 11.7 Å². The Balaban J connectivity index is 2.07. The van der Waals surface area contributed by atoms with Crippen molar-refractivity contribution in [2.75, 3.05) is 12.4 Å². The quantitative estimate of drug-likeness (QED) is 0.890. The molecule has 2 aromatic rings. The van der Waals surface area contributed by atoms with Gasteiger partial charge in [0.15, 0.2) is 0 Å². The number of allylic oxidation sites excluding steroid dienone is 1. The number of anilines is 1. The predicted octanol–water partition coefficient (Wildman–Crippen LogP) is 1.58. The largest absolute Gasteiger partial charge is 0.497 e. The highest BCUT2D eigenvalue weighted by Crippen LogP contribution is 2.29. The Morgan fingerprint density at radius 1 is 1.38 bits per heavy atom. The van der Waals surface area contributed by atoms with E-state index in [0.29, 0.717) is 11.8 Å². The third-order valence-corrected chi connectivity index (χ3v) is 3.26. The van der Waals surface area contributed by atoms with E-state index in [1.165, 1.54) is 0 Å². The number of fused-ring (bicyclic) bond motifs is 1. The molecule has 2 heterocycles. The van der Waals surface area contributed by atoms with E-state index < -0.39 is 5.97 Å². The molecule has 108 valence electrons. The number of carboxylic acid groups (broad SMARTS) is 1. The van der Waals surface area contributed by atoms with Crippen LogP contribution in [0.1, 0.15) is 17.4 Å². The monoisotopic (exact) mass is 286 g/mol. The molecule has 21 heavy (non-hydrogen) atoms. The summed E-state index contributed by atoms with van der Waals surface area (Å²) in [6.07, 6.45) is 1.62. The molecule has 0 fully saturated rings. The van der Waals surface area contributed by atoms with Crippen LogP contribution in [0.25, 0.3) is 0 Å². The molecule has 1 aromatic carbocycles. The molecule has 7 nitrogen and oxygen atoms in total. The van der Waals surface area contributed by atoms with E-state index in [9.17, 15) is 9.90 Å². The molecule has 1 aromatic heterocycles. The number of carbonyl (C=O) groups is 1. The summed E-state index contributed by atoms with van der Waals surface area (Å²) in [7, 11) is 1.60. The first-order valence-corrected chi connectivity index (χ1v) is 6.37. The van der Waals surface area contributed by atoms with Crippen molar-refractivity contribution in [3.63, 3.8) is 0 Å². The number of nitrogens with zero attached hydrogens (tertiary/aromatic N) is 3. The second kappa shape index (κ2) is 4.93. The van der Waals surface area contributed by atoms with Gasteiger partial charge in [0.05, 0.1) is 7.11 Å². The number of hydrogen-bond acceptors (Lipinski definition) is 5. The minimum atomic E-state index is -1.03. The number of aryl methyl sites for hydroxylation is 1. The van der Waals surface area contributed by atoms with Crippen LogP contribution < -0.4 is 10.1 Å². The van der Waals surface area contributed by atoms with Gasteiger partial charge in [-0.25, -0.2) is 9.48 Å². The van der Waals surface area contributed by atoms with Crippen LogP contribution in [0.4, 0.5) is 5.95 Å². The molecule has 0 saturated heterocycles. The fourth-order valence-corrected chi connectivity index (χ4v) is 2.26. The molecule has 3 rings (SSSR count). The maximum absolute atomic E-state index is 11.2. The molecule has 2 N–H and O–H groups in total. The van der Waals surface area contributed by atoms with Gasteiger partial charge in [0.2, 0.25) is 5.95 Å². The molecule has 0 bridgehead atoms. The van der Waals surface area contributed by atoms with E-state index in [4.69, 9.17) is 4.74 Å². The Morgan fingerprint density at radius 2 is 2.10 bits per heavy atom. The van der Waals surface area contributed by atoms with E-state index in [1.807, 2.05) is 24.3 Å². The van der Waals surface area contributed by atoms with Gasteiger partial charge in [0, 0.05) is 0 Å². The Labute approximate surface area is 120 Å².